The molecule has 0 atom stereocenters. The van der Waals surface area contributed by atoms with Gasteiger partial charge in [-0.1, -0.05) is 55.8 Å². The minimum Gasteiger partial charge on any atom is -0.0840 e. The van der Waals surface area contributed by atoms with E-state index in [2.05, 4.69) is 44.2 Å². The molecule has 0 unspecified atom stereocenters. The maximum atomic E-state index is 6.20. The number of benzene rings is 2. The molecular formula is C13H13Cl. The van der Waals surface area contributed by atoms with Crippen LogP contribution in [0.15, 0.2) is 36.4 Å². The molecule has 0 spiro atoms. The maximum absolute atomic E-state index is 6.20. The summed E-state index contributed by atoms with van der Waals surface area (Å²) in [6, 6.07) is 12.4. The van der Waals surface area contributed by atoms with Gasteiger partial charge in [0.15, 0.2) is 0 Å². The van der Waals surface area contributed by atoms with Gasteiger partial charge in [0.05, 0.1) is 0 Å². The summed E-state index contributed by atoms with van der Waals surface area (Å²) < 4.78 is 0. The molecular weight excluding hydrogens is 192 g/mol. The zero-order valence-corrected chi connectivity index (χ0v) is 9.18. The predicted octanol–water partition coefficient (Wildman–Crippen LogP) is 4.62. The van der Waals surface area contributed by atoms with Gasteiger partial charge in [-0.3, -0.25) is 0 Å². The third-order valence-electron chi connectivity index (χ3n) is 2.49. The van der Waals surface area contributed by atoms with Crippen LogP contribution in [0.4, 0.5) is 0 Å². The fourth-order valence-electron chi connectivity index (χ4n) is 1.86. The maximum Gasteiger partial charge on any atom is 0.0447 e. The van der Waals surface area contributed by atoms with Crippen molar-refractivity contribution in [3.8, 4) is 0 Å². The molecule has 0 N–H and O–H groups in total. The Kier molecular flexibility index (Phi) is 2.47. The van der Waals surface area contributed by atoms with Crippen LogP contribution in [0.1, 0.15) is 25.3 Å². The summed E-state index contributed by atoms with van der Waals surface area (Å²) in [4.78, 5) is 0. The molecule has 0 aliphatic carbocycles. The van der Waals surface area contributed by atoms with Crippen molar-refractivity contribution in [1.82, 2.24) is 0 Å². The summed E-state index contributed by atoms with van der Waals surface area (Å²) in [7, 11) is 0. The topological polar surface area (TPSA) is 0 Å². The predicted molar refractivity (Wildman–Crippen MR) is 63.0 cm³/mol. The van der Waals surface area contributed by atoms with E-state index in [1.54, 1.807) is 0 Å². The molecule has 0 amide bonds. The molecule has 0 saturated carbocycles. The normalized spacial score (nSPS) is 11.1. The van der Waals surface area contributed by atoms with Crippen molar-refractivity contribution >= 4 is 22.4 Å². The van der Waals surface area contributed by atoms with Gasteiger partial charge in [0.1, 0.15) is 0 Å². The smallest absolute Gasteiger partial charge is 0.0447 e. The molecule has 2 aromatic rings. The zero-order valence-electron chi connectivity index (χ0n) is 8.42. The van der Waals surface area contributed by atoms with Crippen molar-refractivity contribution in [2.45, 2.75) is 19.8 Å². The van der Waals surface area contributed by atoms with Gasteiger partial charge < -0.3 is 0 Å². The summed E-state index contributed by atoms with van der Waals surface area (Å²) >= 11 is 6.20. The minimum atomic E-state index is 0.466. The van der Waals surface area contributed by atoms with Crippen LogP contribution in [0, 0.1) is 0 Å². The van der Waals surface area contributed by atoms with Gasteiger partial charge in [-0.25, -0.2) is 0 Å². The lowest BCUT2D eigenvalue weighted by molar-refractivity contribution is 0.876. The highest BCUT2D eigenvalue weighted by molar-refractivity contribution is 6.32. The molecule has 2 rings (SSSR count). The molecule has 0 fully saturated rings. The number of hydrogen-bond acceptors (Lipinski definition) is 0. The van der Waals surface area contributed by atoms with Gasteiger partial charge in [0.2, 0.25) is 0 Å². The summed E-state index contributed by atoms with van der Waals surface area (Å²) in [5, 5.41) is 3.41. The standard InChI is InChI=1S/C13H13Cl/c1-9(2)13-11-6-4-3-5-10(11)7-8-12(13)14/h3-9H,1-2H3. The van der Waals surface area contributed by atoms with Crippen LogP contribution >= 0.6 is 11.6 Å². The molecule has 72 valence electrons. The van der Waals surface area contributed by atoms with Crippen LogP contribution < -0.4 is 0 Å². The largest absolute Gasteiger partial charge is 0.0840 e. The molecule has 1 heteroatoms. The van der Waals surface area contributed by atoms with Crippen LogP contribution in [-0.4, -0.2) is 0 Å². The Bertz CT molecular complexity index is 458. The zero-order chi connectivity index (χ0) is 10.1. The van der Waals surface area contributed by atoms with Crippen LogP contribution in [0.25, 0.3) is 10.8 Å². The molecule has 0 radical (unpaired) electrons. The van der Waals surface area contributed by atoms with E-state index in [0.29, 0.717) is 5.92 Å². The quantitative estimate of drug-likeness (QED) is 0.636. The molecule has 0 heterocycles. The number of fused-ring (bicyclic) bond motifs is 1. The first-order valence-electron chi connectivity index (χ1n) is 4.87. The second-order valence-corrected chi connectivity index (χ2v) is 4.24. The first-order chi connectivity index (χ1) is 6.70. The van der Waals surface area contributed by atoms with Gasteiger partial charge in [0, 0.05) is 5.02 Å². The van der Waals surface area contributed by atoms with Crippen LogP contribution in [0.2, 0.25) is 5.02 Å². The fourth-order valence-corrected chi connectivity index (χ4v) is 2.24. The number of hydrogen-bond donors (Lipinski definition) is 0. The Morgan fingerprint density at radius 1 is 1.00 bits per heavy atom. The SMILES string of the molecule is CC(C)c1c(Cl)ccc2ccccc12. The lowest BCUT2D eigenvalue weighted by atomic mass is 9.96. The van der Waals surface area contributed by atoms with Gasteiger partial charge in [-0.05, 0) is 28.3 Å². The van der Waals surface area contributed by atoms with E-state index in [1.165, 1.54) is 16.3 Å². The summed E-state index contributed by atoms with van der Waals surface area (Å²) in [6.07, 6.45) is 0. The van der Waals surface area contributed by atoms with Crippen LogP contribution in [-0.2, 0) is 0 Å². The van der Waals surface area contributed by atoms with E-state index >= 15 is 0 Å². The minimum absolute atomic E-state index is 0.466. The van der Waals surface area contributed by atoms with Crippen molar-refractivity contribution in [1.29, 1.82) is 0 Å². The molecule has 0 nitrogen and oxygen atoms in total. The Balaban J connectivity index is 2.83. The summed E-state index contributed by atoms with van der Waals surface area (Å²) in [5.74, 6) is 0.466. The van der Waals surface area contributed by atoms with Crippen LogP contribution in [0.5, 0.6) is 0 Å². The first-order valence-corrected chi connectivity index (χ1v) is 5.25. The van der Waals surface area contributed by atoms with E-state index in [0.717, 1.165) is 5.02 Å². The highest BCUT2D eigenvalue weighted by Gasteiger charge is 2.08. The third-order valence-corrected chi connectivity index (χ3v) is 2.82. The molecule has 14 heavy (non-hydrogen) atoms. The van der Waals surface area contributed by atoms with Gasteiger partial charge in [-0.15, -0.1) is 0 Å². The average molecular weight is 205 g/mol. The molecule has 0 aromatic heterocycles. The number of halogens is 1. The van der Waals surface area contributed by atoms with E-state index in [-0.39, 0.29) is 0 Å². The Morgan fingerprint density at radius 3 is 2.43 bits per heavy atom. The Labute approximate surface area is 89.5 Å². The summed E-state index contributed by atoms with van der Waals surface area (Å²) in [6.45, 7) is 4.35. The van der Waals surface area contributed by atoms with Crippen LogP contribution in [0.3, 0.4) is 0 Å². The van der Waals surface area contributed by atoms with Crippen molar-refractivity contribution in [3.63, 3.8) is 0 Å². The van der Waals surface area contributed by atoms with Crippen molar-refractivity contribution in [2.24, 2.45) is 0 Å². The first kappa shape index (κ1) is 9.54. The van der Waals surface area contributed by atoms with Crippen molar-refractivity contribution in [3.05, 3.63) is 47.0 Å². The summed E-state index contributed by atoms with van der Waals surface area (Å²) in [5.41, 5.74) is 1.25. The average Bonchev–Trinajstić information content (AvgIpc) is 2.17. The lowest BCUT2D eigenvalue weighted by Gasteiger charge is -2.11. The lowest BCUT2D eigenvalue weighted by Crippen LogP contribution is -1.90. The highest BCUT2D eigenvalue weighted by atomic mass is 35.5. The van der Waals surface area contributed by atoms with E-state index in [4.69, 9.17) is 11.6 Å². The molecule has 0 bridgehead atoms. The number of rotatable bonds is 1. The van der Waals surface area contributed by atoms with E-state index in [9.17, 15) is 0 Å². The molecule has 0 saturated heterocycles. The molecule has 2 aromatic carbocycles. The van der Waals surface area contributed by atoms with Crippen molar-refractivity contribution in [2.75, 3.05) is 0 Å². The Morgan fingerprint density at radius 2 is 1.71 bits per heavy atom. The monoisotopic (exact) mass is 204 g/mol. The second-order valence-electron chi connectivity index (χ2n) is 3.84. The molecule has 0 aliphatic heterocycles. The van der Waals surface area contributed by atoms with E-state index < -0.39 is 0 Å². The van der Waals surface area contributed by atoms with Gasteiger partial charge in [-0.2, -0.15) is 0 Å². The molecule has 0 aliphatic rings. The Hall–Kier alpha value is -1.01. The highest BCUT2D eigenvalue weighted by Crippen LogP contribution is 2.31. The third kappa shape index (κ3) is 1.51. The van der Waals surface area contributed by atoms with Gasteiger partial charge in [0.25, 0.3) is 0 Å². The fraction of sp³-hybridized carbons (Fsp3) is 0.231. The van der Waals surface area contributed by atoms with Crippen molar-refractivity contribution < 1.29 is 0 Å². The van der Waals surface area contributed by atoms with Gasteiger partial charge >= 0.3 is 0 Å². The second kappa shape index (κ2) is 3.62. The van der Waals surface area contributed by atoms with E-state index in [1.807, 2.05) is 6.07 Å².